The number of aliphatic carboxylic acids is 2. The van der Waals surface area contributed by atoms with Crippen molar-refractivity contribution in [2.24, 2.45) is 5.92 Å². The molecule has 0 radical (unpaired) electrons. The first kappa shape index (κ1) is 17.9. The Bertz CT molecular complexity index is 279. The zero-order valence-corrected chi connectivity index (χ0v) is 12.3. The Hall–Kier alpha value is -1.10. The van der Waals surface area contributed by atoms with E-state index in [-0.39, 0.29) is 12.3 Å². The number of hydrogen-bond acceptors (Lipinski definition) is 3. The zero-order valence-electron chi connectivity index (χ0n) is 12.3. The van der Waals surface area contributed by atoms with Crippen LogP contribution in [0, 0.1) is 5.92 Å². The van der Waals surface area contributed by atoms with Crippen molar-refractivity contribution in [3.8, 4) is 0 Å². The van der Waals surface area contributed by atoms with Crippen LogP contribution in [-0.2, 0) is 9.59 Å². The first-order valence-electron chi connectivity index (χ1n) is 7.07. The third-order valence-corrected chi connectivity index (χ3v) is 3.08. The van der Waals surface area contributed by atoms with E-state index < -0.39 is 18.0 Å². The van der Waals surface area contributed by atoms with Gasteiger partial charge in [-0.05, 0) is 25.3 Å². The van der Waals surface area contributed by atoms with Crippen molar-refractivity contribution in [3.63, 3.8) is 0 Å². The monoisotopic (exact) mass is 273 g/mol. The lowest BCUT2D eigenvalue weighted by Crippen LogP contribution is -2.43. The molecule has 0 aromatic rings. The lowest BCUT2D eigenvalue weighted by molar-refractivity contribution is -0.145. The maximum absolute atomic E-state index is 11.4. The summed E-state index contributed by atoms with van der Waals surface area (Å²) < 4.78 is 0. The van der Waals surface area contributed by atoms with Gasteiger partial charge in [-0.1, -0.05) is 33.6 Å². The Morgan fingerprint density at radius 2 is 1.74 bits per heavy atom. The average molecular weight is 273 g/mol. The van der Waals surface area contributed by atoms with Gasteiger partial charge < -0.3 is 10.2 Å². The molecule has 112 valence electrons. The van der Waals surface area contributed by atoms with Gasteiger partial charge in [-0.15, -0.1) is 0 Å². The minimum absolute atomic E-state index is 0.00595. The first-order chi connectivity index (χ1) is 8.88. The number of carbonyl (C=O) groups is 2. The highest BCUT2D eigenvalue weighted by molar-refractivity contribution is 5.73. The lowest BCUT2D eigenvalue weighted by atomic mass is 10.0. The number of unbranched alkanes of at least 4 members (excludes halogenated alkanes) is 2. The van der Waals surface area contributed by atoms with Crippen LogP contribution in [0.3, 0.4) is 0 Å². The smallest absolute Gasteiger partial charge is 0.320 e. The molecule has 0 aliphatic heterocycles. The molecule has 0 aromatic heterocycles. The van der Waals surface area contributed by atoms with Crippen LogP contribution in [0.15, 0.2) is 0 Å². The van der Waals surface area contributed by atoms with Gasteiger partial charge in [0, 0.05) is 6.54 Å². The van der Waals surface area contributed by atoms with Crippen LogP contribution in [0.4, 0.5) is 0 Å². The van der Waals surface area contributed by atoms with E-state index in [0.717, 1.165) is 19.3 Å². The van der Waals surface area contributed by atoms with Gasteiger partial charge in [-0.25, -0.2) is 0 Å². The van der Waals surface area contributed by atoms with E-state index in [0.29, 0.717) is 19.5 Å². The van der Waals surface area contributed by atoms with Crippen LogP contribution in [0.2, 0.25) is 0 Å². The van der Waals surface area contributed by atoms with Crippen LogP contribution in [-0.4, -0.2) is 46.2 Å². The van der Waals surface area contributed by atoms with E-state index in [1.807, 2.05) is 18.7 Å². The summed E-state index contributed by atoms with van der Waals surface area (Å²) in [6, 6.07) is -0.573. The minimum Gasteiger partial charge on any atom is -0.481 e. The predicted molar refractivity (Wildman–Crippen MR) is 74.2 cm³/mol. The third kappa shape index (κ3) is 8.59. The normalized spacial score (nSPS) is 12.9. The summed E-state index contributed by atoms with van der Waals surface area (Å²) in [5.41, 5.74) is 0. The fraction of sp³-hybridized carbons (Fsp3) is 0.857. The predicted octanol–water partition coefficient (Wildman–Crippen LogP) is 2.45. The van der Waals surface area contributed by atoms with Crippen molar-refractivity contribution in [1.29, 1.82) is 0 Å². The Labute approximate surface area is 115 Å². The molecule has 0 saturated heterocycles. The second-order valence-corrected chi connectivity index (χ2v) is 5.37. The molecular formula is C14H27NO4. The molecule has 1 unspecified atom stereocenters. The molecular weight excluding hydrogens is 246 g/mol. The quantitative estimate of drug-likeness (QED) is 0.565. The maximum Gasteiger partial charge on any atom is 0.320 e. The highest BCUT2D eigenvalue weighted by atomic mass is 16.4. The molecule has 0 aliphatic rings. The SMILES string of the molecule is CCCCCN(CCC(=O)O)C(CC(C)C)C(=O)O. The summed E-state index contributed by atoms with van der Waals surface area (Å²) in [7, 11) is 0. The highest BCUT2D eigenvalue weighted by Gasteiger charge is 2.26. The summed E-state index contributed by atoms with van der Waals surface area (Å²) in [4.78, 5) is 23.9. The van der Waals surface area contributed by atoms with Gasteiger partial charge in [-0.3, -0.25) is 14.5 Å². The van der Waals surface area contributed by atoms with E-state index >= 15 is 0 Å². The number of nitrogens with zero attached hydrogens (tertiary/aromatic N) is 1. The molecule has 5 nitrogen and oxygen atoms in total. The van der Waals surface area contributed by atoms with Gasteiger partial charge in [0.1, 0.15) is 6.04 Å². The molecule has 0 rings (SSSR count). The largest absolute Gasteiger partial charge is 0.481 e. The second-order valence-electron chi connectivity index (χ2n) is 5.37. The van der Waals surface area contributed by atoms with Crippen LogP contribution in [0.5, 0.6) is 0 Å². The molecule has 0 fully saturated rings. The molecule has 0 saturated carbocycles. The molecule has 1 atom stereocenters. The van der Waals surface area contributed by atoms with Crippen LogP contribution in [0.25, 0.3) is 0 Å². The fourth-order valence-corrected chi connectivity index (χ4v) is 2.08. The Morgan fingerprint density at radius 1 is 1.11 bits per heavy atom. The van der Waals surface area contributed by atoms with Crippen LogP contribution < -0.4 is 0 Å². The topological polar surface area (TPSA) is 77.8 Å². The van der Waals surface area contributed by atoms with Gasteiger partial charge >= 0.3 is 11.9 Å². The molecule has 0 amide bonds. The van der Waals surface area contributed by atoms with Crippen molar-refractivity contribution in [2.45, 2.75) is 58.9 Å². The molecule has 2 N–H and O–H groups in total. The van der Waals surface area contributed by atoms with Crippen LogP contribution >= 0.6 is 0 Å². The second kappa shape index (κ2) is 9.78. The van der Waals surface area contributed by atoms with Crippen molar-refractivity contribution < 1.29 is 19.8 Å². The maximum atomic E-state index is 11.4. The molecule has 19 heavy (non-hydrogen) atoms. The van der Waals surface area contributed by atoms with E-state index in [9.17, 15) is 14.7 Å². The summed E-state index contributed by atoms with van der Waals surface area (Å²) in [5.74, 6) is -1.45. The highest BCUT2D eigenvalue weighted by Crippen LogP contribution is 2.14. The van der Waals surface area contributed by atoms with Gasteiger partial charge in [0.05, 0.1) is 6.42 Å². The van der Waals surface area contributed by atoms with E-state index in [2.05, 4.69) is 6.92 Å². The Morgan fingerprint density at radius 3 is 2.16 bits per heavy atom. The van der Waals surface area contributed by atoms with Crippen molar-refractivity contribution in [3.05, 3.63) is 0 Å². The summed E-state index contributed by atoms with van der Waals surface area (Å²) in [6.45, 7) is 7.02. The molecule has 5 heteroatoms. The Balaban J connectivity index is 4.61. The molecule has 0 bridgehead atoms. The first-order valence-corrected chi connectivity index (χ1v) is 7.07. The van der Waals surface area contributed by atoms with Gasteiger partial charge in [0.25, 0.3) is 0 Å². The van der Waals surface area contributed by atoms with Gasteiger partial charge in [0.2, 0.25) is 0 Å². The van der Waals surface area contributed by atoms with E-state index in [1.165, 1.54) is 0 Å². The number of rotatable bonds is 11. The van der Waals surface area contributed by atoms with Crippen molar-refractivity contribution in [2.75, 3.05) is 13.1 Å². The van der Waals surface area contributed by atoms with E-state index in [1.54, 1.807) is 0 Å². The van der Waals surface area contributed by atoms with Gasteiger partial charge in [-0.2, -0.15) is 0 Å². The van der Waals surface area contributed by atoms with Crippen molar-refractivity contribution >= 4 is 11.9 Å². The standard InChI is InChI=1S/C14H27NO4/c1-4-5-6-8-15(9-7-13(16)17)12(14(18)19)10-11(2)3/h11-12H,4-10H2,1-3H3,(H,16,17)(H,18,19). The summed E-state index contributed by atoms with van der Waals surface area (Å²) >= 11 is 0. The van der Waals surface area contributed by atoms with Crippen LogP contribution in [0.1, 0.15) is 52.9 Å². The molecule has 0 heterocycles. The molecule has 0 aliphatic carbocycles. The average Bonchev–Trinajstić information content (AvgIpc) is 2.30. The number of hydrogen-bond donors (Lipinski definition) is 2. The minimum atomic E-state index is -0.880. The molecule has 0 aromatic carbocycles. The summed E-state index contributed by atoms with van der Waals surface area (Å²) in [5, 5.41) is 18.1. The Kier molecular flexibility index (Phi) is 9.21. The van der Waals surface area contributed by atoms with Gasteiger partial charge in [0.15, 0.2) is 0 Å². The summed E-state index contributed by atoms with van der Waals surface area (Å²) in [6.07, 6.45) is 3.57. The van der Waals surface area contributed by atoms with E-state index in [4.69, 9.17) is 5.11 Å². The lowest BCUT2D eigenvalue weighted by Gasteiger charge is -2.29. The third-order valence-electron chi connectivity index (χ3n) is 3.08. The fourth-order valence-electron chi connectivity index (χ4n) is 2.08. The molecule has 0 spiro atoms. The number of carboxylic acid groups (broad SMARTS) is 2. The zero-order chi connectivity index (χ0) is 14.8. The van der Waals surface area contributed by atoms with Crippen molar-refractivity contribution in [1.82, 2.24) is 4.90 Å². The number of carboxylic acids is 2.